The smallest absolute Gasteiger partial charge is 0.0673 e. The number of hydrogen-bond donors (Lipinski definition) is 0. The predicted octanol–water partition coefficient (Wildman–Crippen LogP) is 4.36. The number of aromatic nitrogens is 1. The Balaban J connectivity index is 2.60. The standard InChI is InChI=1S/C12H9Cl2N/c1-8-4-5-10(12(14)11(8)13)9-3-2-6-15-7-9/h2-7H,1H3. The van der Waals surface area contributed by atoms with Gasteiger partial charge in [-0.3, -0.25) is 4.98 Å². The Kier molecular flexibility index (Phi) is 2.94. The van der Waals surface area contributed by atoms with E-state index in [9.17, 15) is 0 Å². The van der Waals surface area contributed by atoms with Crippen LogP contribution in [0.25, 0.3) is 11.1 Å². The van der Waals surface area contributed by atoms with Crippen LogP contribution in [0.15, 0.2) is 36.7 Å². The first-order valence-corrected chi connectivity index (χ1v) is 5.30. The summed E-state index contributed by atoms with van der Waals surface area (Å²) in [5, 5.41) is 1.20. The molecule has 0 radical (unpaired) electrons. The molecule has 0 aliphatic heterocycles. The molecule has 1 aromatic heterocycles. The molecule has 0 saturated carbocycles. The van der Waals surface area contributed by atoms with Gasteiger partial charge in [0.15, 0.2) is 0 Å². The van der Waals surface area contributed by atoms with Crippen molar-refractivity contribution in [2.24, 2.45) is 0 Å². The molecule has 1 nitrogen and oxygen atoms in total. The van der Waals surface area contributed by atoms with Crippen molar-refractivity contribution in [2.45, 2.75) is 6.92 Å². The molecular formula is C12H9Cl2N. The number of pyridine rings is 1. The van der Waals surface area contributed by atoms with Crippen LogP contribution >= 0.6 is 23.2 Å². The van der Waals surface area contributed by atoms with Crippen LogP contribution in [-0.4, -0.2) is 4.98 Å². The normalized spacial score (nSPS) is 10.3. The maximum Gasteiger partial charge on any atom is 0.0673 e. The second kappa shape index (κ2) is 4.21. The van der Waals surface area contributed by atoms with E-state index < -0.39 is 0 Å². The van der Waals surface area contributed by atoms with Gasteiger partial charge in [-0.25, -0.2) is 0 Å². The summed E-state index contributed by atoms with van der Waals surface area (Å²) in [4.78, 5) is 4.05. The molecule has 0 saturated heterocycles. The highest BCUT2D eigenvalue weighted by Crippen LogP contribution is 2.35. The molecule has 3 heteroatoms. The first-order valence-electron chi connectivity index (χ1n) is 4.55. The van der Waals surface area contributed by atoms with Crippen molar-refractivity contribution in [1.82, 2.24) is 4.98 Å². The summed E-state index contributed by atoms with van der Waals surface area (Å²) in [6, 6.07) is 7.75. The van der Waals surface area contributed by atoms with Crippen molar-refractivity contribution in [3.8, 4) is 11.1 Å². The van der Waals surface area contributed by atoms with Crippen LogP contribution in [0.2, 0.25) is 10.0 Å². The minimum atomic E-state index is 0.588. The molecule has 0 atom stereocenters. The molecule has 0 aliphatic carbocycles. The van der Waals surface area contributed by atoms with Crippen LogP contribution in [0.4, 0.5) is 0 Å². The van der Waals surface area contributed by atoms with Crippen molar-refractivity contribution in [3.05, 3.63) is 52.3 Å². The lowest BCUT2D eigenvalue weighted by Crippen LogP contribution is -1.84. The zero-order valence-corrected chi connectivity index (χ0v) is 9.68. The summed E-state index contributed by atoms with van der Waals surface area (Å²) in [7, 11) is 0. The molecule has 0 spiro atoms. The van der Waals surface area contributed by atoms with Crippen LogP contribution in [0.3, 0.4) is 0 Å². The van der Waals surface area contributed by atoms with Crippen molar-refractivity contribution in [3.63, 3.8) is 0 Å². The lowest BCUT2D eigenvalue weighted by molar-refractivity contribution is 1.33. The molecule has 0 unspecified atom stereocenters. The fourth-order valence-corrected chi connectivity index (χ4v) is 1.88. The van der Waals surface area contributed by atoms with Gasteiger partial charge in [-0.05, 0) is 18.6 Å². The monoisotopic (exact) mass is 237 g/mol. The van der Waals surface area contributed by atoms with E-state index in [0.29, 0.717) is 10.0 Å². The number of aryl methyl sites for hydroxylation is 1. The third-order valence-corrected chi connectivity index (χ3v) is 3.22. The van der Waals surface area contributed by atoms with Gasteiger partial charge in [-0.2, -0.15) is 0 Å². The molecule has 0 N–H and O–H groups in total. The van der Waals surface area contributed by atoms with E-state index in [-0.39, 0.29) is 0 Å². The van der Waals surface area contributed by atoms with Crippen LogP contribution in [0.5, 0.6) is 0 Å². The summed E-state index contributed by atoms with van der Waals surface area (Å²) in [5.74, 6) is 0. The van der Waals surface area contributed by atoms with Gasteiger partial charge in [0.2, 0.25) is 0 Å². The van der Waals surface area contributed by atoms with Crippen LogP contribution < -0.4 is 0 Å². The van der Waals surface area contributed by atoms with Gasteiger partial charge in [0.1, 0.15) is 0 Å². The fraction of sp³-hybridized carbons (Fsp3) is 0.0833. The van der Waals surface area contributed by atoms with Crippen molar-refractivity contribution >= 4 is 23.2 Å². The van der Waals surface area contributed by atoms with Gasteiger partial charge in [-0.15, -0.1) is 0 Å². The number of hydrogen-bond acceptors (Lipinski definition) is 1. The van der Waals surface area contributed by atoms with Gasteiger partial charge >= 0.3 is 0 Å². The van der Waals surface area contributed by atoms with Gasteiger partial charge < -0.3 is 0 Å². The van der Waals surface area contributed by atoms with E-state index in [2.05, 4.69) is 4.98 Å². The average molecular weight is 238 g/mol. The summed E-state index contributed by atoms with van der Waals surface area (Å²) < 4.78 is 0. The Morgan fingerprint density at radius 3 is 2.53 bits per heavy atom. The molecule has 76 valence electrons. The van der Waals surface area contributed by atoms with E-state index in [1.54, 1.807) is 12.4 Å². The van der Waals surface area contributed by atoms with E-state index in [1.165, 1.54) is 0 Å². The largest absolute Gasteiger partial charge is 0.264 e. The quantitative estimate of drug-likeness (QED) is 0.719. The Morgan fingerprint density at radius 1 is 1.07 bits per heavy atom. The highest BCUT2D eigenvalue weighted by Gasteiger charge is 2.08. The van der Waals surface area contributed by atoms with Crippen LogP contribution in [-0.2, 0) is 0 Å². The third-order valence-electron chi connectivity index (χ3n) is 2.25. The lowest BCUT2D eigenvalue weighted by Gasteiger charge is -2.07. The summed E-state index contributed by atoms with van der Waals surface area (Å²) >= 11 is 12.3. The highest BCUT2D eigenvalue weighted by atomic mass is 35.5. The Morgan fingerprint density at radius 2 is 1.87 bits per heavy atom. The molecule has 2 aromatic rings. The maximum absolute atomic E-state index is 6.17. The van der Waals surface area contributed by atoms with Gasteiger partial charge in [-0.1, -0.05) is 41.4 Å². The fourth-order valence-electron chi connectivity index (χ4n) is 1.39. The Hall–Kier alpha value is -1.05. The third kappa shape index (κ3) is 1.99. The molecule has 1 aromatic carbocycles. The van der Waals surface area contributed by atoms with Crippen LogP contribution in [0, 0.1) is 6.92 Å². The first-order chi connectivity index (χ1) is 7.20. The number of benzene rings is 1. The van der Waals surface area contributed by atoms with Crippen molar-refractivity contribution in [1.29, 1.82) is 0 Å². The molecule has 0 bridgehead atoms. The van der Waals surface area contributed by atoms with E-state index in [1.807, 2.05) is 31.2 Å². The second-order valence-electron chi connectivity index (χ2n) is 3.30. The van der Waals surface area contributed by atoms with Crippen molar-refractivity contribution < 1.29 is 0 Å². The minimum Gasteiger partial charge on any atom is -0.264 e. The van der Waals surface area contributed by atoms with E-state index in [0.717, 1.165) is 16.7 Å². The number of rotatable bonds is 1. The Bertz CT molecular complexity index is 480. The SMILES string of the molecule is Cc1ccc(-c2cccnc2)c(Cl)c1Cl. The van der Waals surface area contributed by atoms with E-state index >= 15 is 0 Å². The summed E-state index contributed by atoms with van der Waals surface area (Å²) in [5.41, 5.74) is 2.87. The maximum atomic E-state index is 6.17. The zero-order valence-electron chi connectivity index (χ0n) is 8.17. The number of halogens is 2. The Labute approximate surface area is 98.7 Å². The summed E-state index contributed by atoms with van der Waals surface area (Å²) in [6.07, 6.45) is 3.50. The molecule has 0 fully saturated rings. The minimum absolute atomic E-state index is 0.588. The second-order valence-corrected chi connectivity index (χ2v) is 4.06. The van der Waals surface area contributed by atoms with Gasteiger partial charge in [0.25, 0.3) is 0 Å². The first kappa shape index (κ1) is 10.5. The predicted molar refractivity (Wildman–Crippen MR) is 64.4 cm³/mol. The topological polar surface area (TPSA) is 12.9 Å². The molecule has 2 rings (SSSR count). The number of nitrogens with zero attached hydrogens (tertiary/aromatic N) is 1. The van der Waals surface area contributed by atoms with Crippen molar-refractivity contribution in [2.75, 3.05) is 0 Å². The van der Waals surface area contributed by atoms with Gasteiger partial charge in [0, 0.05) is 23.5 Å². The zero-order chi connectivity index (χ0) is 10.8. The average Bonchev–Trinajstić information content (AvgIpc) is 2.27. The molecule has 15 heavy (non-hydrogen) atoms. The molecular weight excluding hydrogens is 229 g/mol. The molecule has 0 amide bonds. The van der Waals surface area contributed by atoms with Gasteiger partial charge in [0.05, 0.1) is 10.0 Å². The van der Waals surface area contributed by atoms with E-state index in [4.69, 9.17) is 23.2 Å². The highest BCUT2D eigenvalue weighted by molar-refractivity contribution is 6.44. The lowest BCUT2D eigenvalue weighted by atomic mass is 10.1. The molecule has 1 heterocycles. The summed E-state index contributed by atoms with van der Waals surface area (Å²) in [6.45, 7) is 1.93. The molecule has 0 aliphatic rings. The van der Waals surface area contributed by atoms with Crippen LogP contribution in [0.1, 0.15) is 5.56 Å².